The van der Waals surface area contributed by atoms with E-state index in [1.165, 1.54) is 194 Å². The molecule has 0 saturated carbocycles. The van der Waals surface area contributed by atoms with E-state index < -0.39 is 0 Å². The maximum atomic E-state index is 4.42. The van der Waals surface area contributed by atoms with Gasteiger partial charge in [0, 0.05) is 5.92 Å². The molecule has 0 amide bonds. The molecule has 2 aromatic rings. The fraction of sp³-hybridized carbons (Fsp3) is 0.682. The first kappa shape index (κ1) is 36.6. The molecule has 0 aromatic heterocycles. The Balaban J connectivity index is 1.19. The van der Waals surface area contributed by atoms with Crippen molar-refractivity contribution in [2.75, 3.05) is 0 Å². The Labute approximate surface area is 274 Å². The normalized spacial score (nSPS) is 14.3. The zero-order chi connectivity index (χ0) is 31.2. The highest BCUT2D eigenvalue weighted by Gasteiger charge is 2.27. The maximum Gasteiger partial charge on any atom is 0.00636 e. The van der Waals surface area contributed by atoms with E-state index >= 15 is 0 Å². The zero-order valence-electron chi connectivity index (χ0n) is 29.6. The van der Waals surface area contributed by atoms with Gasteiger partial charge in [0.25, 0.3) is 0 Å². The first-order chi connectivity index (χ1) is 21.7. The van der Waals surface area contributed by atoms with E-state index in [1.807, 2.05) is 0 Å². The predicted molar refractivity (Wildman–Crippen MR) is 200 cm³/mol. The number of hydrogen-bond acceptors (Lipinski definition) is 0. The van der Waals surface area contributed by atoms with Gasteiger partial charge in [0.05, 0.1) is 0 Å². The Morgan fingerprint density at radius 3 is 1.68 bits per heavy atom. The van der Waals surface area contributed by atoms with E-state index in [0.717, 1.165) is 0 Å². The van der Waals surface area contributed by atoms with Gasteiger partial charge in [-0.1, -0.05) is 190 Å². The number of unbranched alkanes of at least 4 members (excludes halogenated alkanes) is 19. The van der Waals surface area contributed by atoms with Gasteiger partial charge in [0.1, 0.15) is 0 Å². The summed E-state index contributed by atoms with van der Waals surface area (Å²) in [7, 11) is 0. The quantitative estimate of drug-likeness (QED) is 0.0708. The third-order valence-electron chi connectivity index (χ3n) is 10.4. The van der Waals surface area contributed by atoms with E-state index in [-0.39, 0.29) is 0 Å². The molecule has 0 saturated heterocycles. The molecule has 0 fully saturated rings. The lowest BCUT2D eigenvalue weighted by atomic mass is 9.84. The molecule has 1 aliphatic carbocycles. The molecule has 1 atom stereocenters. The lowest BCUT2D eigenvalue weighted by molar-refractivity contribution is 0.530. The van der Waals surface area contributed by atoms with Crippen molar-refractivity contribution in [2.24, 2.45) is 0 Å². The zero-order valence-corrected chi connectivity index (χ0v) is 29.6. The minimum Gasteiger partial charge on any atom is -0.0999 e. The largest absolute Gasteiger partial charge is 0.0999 e. The third kappa shape index (κ3) is 13.3. The molecule has 1 unspecified atom stereocenters. The van der Waals surface area contributed by atoms with E-state index in [2.05, 4.69) is 63.8 Å². The van der Waals surface area contributed by atoms with Crippen molar-refractivity contribution in [3.8, 4) is 0 Å². The first-order valence-electron chi connectivity index (χ1n) is 19.5. The van der Waals surface area contributed by atoms with Crippen molar-refractivity contribution < 1.29 is 0 Å². The van der Waals surface area contributed by atoms with Gasteiger partial charge in [-0.15, -0.1) is 0 Å². The third-order valence-corrected chi connectivity index (χ3v) is 10.4. The van der Waals surface area contributed by atoms with Gasteiger partial charge >= 0.3 is 0 Å². The summed E-state index contributed by atoms with van der Waals surface area (Å²) in [5.74, 6) is 0.635. The highest BCUT2D eigenvalue weighted by Crippen LogP contribution is 2.46. The van der Waals surface area contributed by atoms with Gasteiger partial charge in [0.15, 0.2) is 0 Å². The van der Waals surface area contributed by atoms with Crippen molar-refractivity contribution in [3.05, 3.63) is 64.7 Å². The molecular weight excluding hydrogens is 528 g/mol. The van der Waals surface area contributed by atoms with Crippen LogP contribution in [0.25, 0.3) is 16.8 Å². The number of fused-ring (bicyclic) bond motifs is 3. The van der Waals surface area contributed by atoms with Gasteiger partial charge in [-0.25, -0.2) is 0 Å². The summed E-state index contributed by atoms with van der Waals surface area (Å²) in [6.07, 6.45) is 38.7. The van der Waals surface area contributed by atoms with Crippen LogP contribution in [-0.4, -0.2) is 0 Å². The van der Waals surface area contributed by atoms with Gasteiger partial charge in [-0.2, -0.15) is 0 Å². The van der Waals surface area contributed by atoms with Crippen LogP contribution in [0.5, 0.6) is 0 Å². The molecule has 3 rings (SSSR count). The molecule has 246 valence electrons. The topological polar surface area (TPSA) is 0 Å². The van der Waals surface area contributed by atoms with Crippen LogP contribution in [0.3, 0.4) is 0 Å². The summed E-state index contributed by atoms with van der Waals surface area (Å²) in [4.78, 5) is 0. The molecule has 0 nitrogen and oxygen atoms in total. The maximum absolute atomic E-state index is 4.42. The second-order valence-electron chi connectivity index (χ2n) is 14.4. The van der Waals surface area contributed by atoms with Crippen LogP contribution in [0.2, 0.25) is 0 Å². The predicted octanol–water partition coefficient (Wildman–Crippen LogP) is 15.4. The van der Waals surface area contributed by atoms with Crippen molar-refractivity contribution in [3.63, 3.8) is 0 Å². The van der Waals surface area contributed by atoms with Crippen LogP contribution in [0.4, 0.5) is 0 Å². The van der Waals surface area contributed by atoms with Gasteiger partial charge < -0.3 is 0 Å². The molecule has 0 spiro atoms. The molecule has 0 radical (unpaired) electrons. The molecule has 0 N–H and O–H groups in total. The van der Waals surface area contributed by atoms with Crippen LogP contribution in [-0.2, 0) is 0 Å². The standard InChI is InChI=1S/C44H70/c1-5-7-9-10-11-12-13-14-15-16-17-18-19-21-24-29-37(3)30-25-22-20-23-26-33-42-40(31-8-6-2)36-43-38(4)35-39-32-27-28-34-41(39)44(42)43/h27-28,32,34-36,42H,3,5-26,29-31,33H2,1-2,4H3. The van der Waals surface area contributed by atoms with E-state index in [9.17, 15) is 0 Å². The Morgan fingerprint density at radius 1 is 0.614 bits per heavy atom. The summed E-state index contributed by atoms with van der Waals surface area (Å²) in [6.45, 7) is 11.4. The SMILES string of the molecule is C=C(CCCCCCCCCCCCCCCCC)CCCCCCCC1C(CCCC)=Cc2c(C)cc3ccccc3c21. The van der Waals surface area contributed by atoms with Crippen LogP contribution in [0.15, 0.2) is 48.1 Å². The average Bonchev–Trinajstić information content (AvgIpc) is 3.40. The first-order valence-corrected chi connectivity index (χ1v) is 19.5. The Bertz CT molecular complexity index is 1080. The Kier molecular flexibility index (Phi) is 18.9. The van der Waals surface area contributed by atoms with Gasteiger partial charge in [-0.3, -0.25) is 0 Å². The van der Waals surface area contributed by atoms with Crippen LogP contribution < -0.4 is 0 Å². The van der Waals surface area contributed by atoms with Crippen LogP contribution >= 0.6 is 0 Å². The van der Waals surface area contributed by atoms with Crippen LogP contribution in [0.1, 0.15) is 203 Å². The Hall–Kier alpha value is -1.82. The van der Waals surface area contributed by atoms with E-state index in [4.69, 9.17) is 0 Å². The summed E-state index contributed by atoms with van der Waals surface area (Å²) < 4.78 is 0. The number of hydrogen-bond donors (Lipinski definition) is 0. The van der Waals surface area contributed by atoms with Gasteiger partial charge in [-0.05, 0) is 79.3 Å². The number of aryl methyl sites for hydroxylation is 1. The molecule has 1 aliphatic rings. The molecule has 0 bridgehead atoms. The lowest BCUT2D eigenvalue weighted by Gasteiger charge is -2.20. The molecule has 2 aromatic carbocycles. The van der Waals surface area contributed by atoms with Gasteiger partial charge in [0.2, 0.25) is 0 Å². The van der Waals surface area contributed by atoms with E-state index in [1.54, 1.807) is 11.1 Å². The number of rotatable bonds is 27. The number of allylic oxidation sites excluding steroid dienone is 2. The van der Waals surface area contributed by atoms with Crippen molar-refractivity contribution in [1.82, 2.24) is 0 Å². The highest BCUT2D eigenvalue weighted by atomic mass is 14.3. The molecule has 0 heterocycles. The second kappa shape index (κ2) is 22.6. The van der Waals surface area contributed by atoms with E-state index in [0.29, 0.717) is 5.92 Å². The molecule has 0 heteroatoms. The average molecular weight is 599 g/mol. The fourth-order valence-electron chi connectivity index (χ4n) is 7.66. The molecule has 44 heavy (non-hydrogen) atoms. The van der Waals surface area contributed by atoms with Crippen molar-refractivity contribution in [2.45, 2.75) is 194 Å². The van der Waals surface area contributed by atoms with Crippen molar-refractivity contribution in [1.29, 1.82) is 0 Å². The summed E-state index contributed by atoms with van der Waals surface area (Å²) in [5.41, 5.74) is 7.85. The second-order valence-corrected chi connectivity index (χ2v) is 14.4. The monoisotopic (exact) mass is 599 g/mol. The number of benzene rings is 2. The molecular formula is C44H70. The summed E-state index contributed by atoms with van der Waals surface area (Å²) in [6, 6.07) is 11.5. The fourth-order valence-corrected chi connectivity index (χ4v) is 7.66. The lowest BCUT2D eigenvalue weighted by Crippen LogP contribution is -2.02. The van der Waals surface area contributed by atoms with Crippen molar-refractivity contribution >= 4 is 16.8 Å². The minimum absolute atomic E-state index is 0.635. The Morgan fingerprint density at radius 2 is 1.11 bits per heavy atom. The smallest absolute Gasteiger partial charge is 0.00636 e. The summed E-state index contributed by atoms with van der Waals surface area (Å²) in [5, 5.41) is 2.91. The minimum atomic E-state index is 0.635. The van der Waals surface area contributed by atoms with Crippen LogP contribution in [0, 0.1) is 6.92 Å². The highest BCUT2D eigenvalue weighted by molar-refractivity contribution is 5.93. The molecule has 0 aliphatic heterocycles. The summed E-state index contributed by atoms with van der Waals surface area (Å²) >= 11 is 0.